The highest BCUT2D eigenvalue weighted by molar-refractivity contribution is 5.93. The normalized spacial score (nSPS) is 15.5. The lowest BCUT2D eigenvalue weighted by atomic mass is 10.1. The van der Waals surface area contributed by atoms with E-state index in [2.05, 4.69) is 5.32 Å². The number of rotatable bonds is 3. The molecule has 0 spiro atoms. The average molecular weight is 303 g/mol. The second-order valence-electron chi connectivity index (χ2n) is 4.79. The van der Waals surface area contributed by atoms with Crippen LogP contribution in [0.5, 0.6) is 0 Å². The first-order valence-electron chi connectivity index (χ1n) is 6.30. The number of amides is 1. The Morgan fingerprint density at radius 2 is 2.05 bits per heavy atom. The lowest BCUT2D eigenvalue weighted by Crippen LogP contribution is -2.44. The van der Waals surface area contributed by atoms with Crippen LogP contribution in [0.3, 0.4) is 0 Å². The molecule has 0 aromatic carbocycles. The third-order valence-electron chi connectivity index (χ3n) is 3.68. The van der Waals surface area contributed by atoms with E-state index in [9.17, 15) is 14.9 Å². The first-order valence-corrected chi connectivity index (χ1v) is 6.30. The van der Waals surface area contributed by atoms with E-state index in [-0.39, 0.29) is 30.2 Å². The smallest absolute Gasteiger partial charge is 0.323 e. The summed E-state index contributed by atoms with van der Waals surface area (Å²) in [6.07, 6.45) is 1.82. The molecule has 112 valence electrons. The molecule has 1 N–H and O–H groups in total. The van der Waals surface area contributed by atoms with Gasteiger partial charge in [-0.15, -0.1) is 12.4 Å². The molecule has 1 aromatic heterocycles. The molecular weight excluding hydrogens is 284 g/mol. The van der Waals surface area contributed by atoms with Crippen molar-refractivity contribution in [1.82, 2.24) is 14.8 Å². The second kappa shape index (κ2) is 6.71. The number of nitro groups is 1. The summed E-state index contributed by atoms with van der Waals surface area (Å²) < 4.78 is 1.33. The van der Waals surface area contributed by atoms with Gasteiger partial charge in [-0.25, -0.2) is 4.57 Å². The molecule has 2 rings (SSSR count). The molecule has 0 unspecified atom stereocenters. The van der Waals surface area contributed by atoms with Crippen LogP contribution in [-0.2, 0) is 7.05 Å². The fourth-order valence-corrected chi connectivity index (χ4v) is 2.44. The summed E-state index contributed by atoms with van der Waals surface area (Å²) in [4.78, 5) is 24.4. The number of nitrogens with zero attached hydrogens (tertiary/aromatic N) is 3. The van der Waals surface area contributed by atoms with Gasteiger partial charge in [0.1, 0.15) is 0 Å². The van der Waals surface area contributed by atoms with E-state index < -0.39 is 4.92 Å². The molecule has 1 aromatic rings. The molecule has 20 heavy (non-hydrogen) atoms. The van der Waals surface area contributed by atoms with Gasteiger partial charge in [0.25, 0.3) is 5.91 Å². The second-order valence-corrected chi connectivity index (χ2v) is 4.79. The molecule has 0 aliphatic carbocycles. The number of nitrogens with one attached hydrogen (secondary N) is 1. The van der Waals surface area contributed by atoms with E-state index in [1.807, 2.05) is 0 Å². The molecule has 0 bridgehead atoms. The summed E-state index contributed by atoms with van der Waals surface area (Å²) in [7, 11) is 3.30. The zero-order valence-electron chi connectivity index (χ0n) is 11.5. The highest BCUT2D eigenvalue weighted by Gasteiger charge is 2.28. The van der Waals surface area contributed by atoms with E-state index in [0.717, 1.165) is 25.9 Å². The Morgan fingerprint density at radius 3 is 2.55 bits per heavy atom. The largest absolute Gasteiger partial charge is 0.358 e. The van der Waals surface area contributed by atoms with Crippen LogP contribution in [0.1, 0.15) is 23.3 Å². The number of aromatic nitrogens is 1. The predicted molar refractivity (Wildman–Crippen MR) is 77.3 cm³/mol. The fourth-order valence-electron chi connectivity index (χ4n) is 2.44. The van der Waals surface area contributed by atoms with Crippen molar-refractivity contribution in [2.45, 2.75) is 18.9 Å². The molecule has 7 nitrogen and oxygen atoms in total. The van der Waals surface area contributed by atoms with Crippen LogP contribution >= 0.6 is 12.4 Å². The van der Waals surface area contributed by atoms with Gasteiger partial charge in [-0.3, -0.25) is 4.79 Å². The standard InChI is InChI=1S/C12H18N4O3.ClH/c1-14(9-5-7-13-8-6-9)12(17)10-3-4-11(15(10)2)16(18)19;/h3-4,9,13H,5-8H2,1-2H3;1H. The Bertz CT molecular complexity index is 497. The topological polar surface area (TPSA) is 80.4 Å². The summed E-state index contributed by atoms with van der Waals surface area (Å²) in [6, 6.07) is 3.07. The maximum absolute atomic E-state index is 12.4. The number of carbonyl (C=O) groups excluding carboxylic acids is 1. The maximum atomic E-state index is 12.4. The summed E-state index contributed by atoms with van der Waals surface area (Å²) in [5, 5.41) is 14.0. The Morgan fingerprint density at radius 1 is 1.45 bits per heavy atom. The van der Waals surface area contributed by atoms with Gasteiger partial charge in [-0.2, -0.15) is 0 Å². The fraction of sp³-hybridized carbons (Fsp3) is 0.583. The molecule has 2 heterocycles. The van der Waals surface area contributed by atoms with Gasteiger partial charge < -0.3 is 20.3 Å². The summed E-state index contributed by atoms with van der Waals surface area (Å²) in [5.74, 6) is -0.232. The predicted octanol–water partition coefficient (Wildman–Crippen LogP) is 1.18. The Labute approximate surface area is 123 Å². The number of halogens is 1. The van der Waals surface area contributed by atoms with Gasteiger partial charge in [0.2, 0.25) is 0 Å². The molecule has 1 aliphatic heterocycles. The molecule has 0 saturated carbocycles. The van der Waals surface area contributed by atoms with E-state index >= 15 is 0 Å². The molecule has 1 aliphatic rings. The first-order chi connectivity index (χ1) is 9.02. The van der Waals surface area contributed by atoms with E-state index in [1.165, 1.54) is 16.7 Å². The Balaban J connectivity index is 0.00000200. The molecule has 1 amide bonds. The third kappa shape index (κ3) is 3.10. The van der Waals surface area contributed by atoms with Crippen LogP contribution in [-0.4, -0.2) is 46.5 Å². The minimum atomic E-state index is -0.485. The number of hydrogen-bond donors (Lipinski definition) is 1. The molecule has 0 radical (unpaired) electrons. The average Bonchev–Trinajstić information content (AvgIpc) is 2.80. The van der Waals surface area contributed by atoms with Crippen molar-refractivity contribution in [3.8, 4) is 0 Å². The minimum absolute atomic E-state index is 0. The van der Waals surface area contributed by atoms with Crippen molar-refractivity contribution in [1.29, 1.82) is 0 Å². The van der Waals surface area contributed by atoms with Crippen LogP contribution in [0.4, 0.5) is 5.82 Å². The van der Waals surface area contributed by atoms with Crippen LogP contribution in [0, 0.1) is 10.1 Å². The summed E-state index contributed by atoms with van der Waals surface area (Å²) in [5.41, 5.74) is 0.354. The molecule has 1 saturated heterocycles. The van der Waals surface area contributed by atoms with Crippen molar-refractivity contribution in [2.24, 2.45) is 7.05 Å². The van der Waals surface area contributed by atoms with Gasteiger partial charge in [-0.05, 0) is 36.9 Å². The van der Waals surface area contributed by atoms with Gasteiger partial charge in [0.05, 0.1) is 7.05 Å². The Hall–Kier alpha value is -1.60. The van der Waals surface area contributed by atoms with Crippen molar-refractivity contribution in [2.75, 3.05) is 20.1 Å². The zero-order chi connectivity index (χ0) is 14.0. The number of piperidine rings is 1. The SMILES string of the molecule is CN(C(=O)c1ccc([N+](=O)[O-])n1C)C1CCNCC1.Cl. The van der Waals surface area contributed by atoms with E-state index in [1.54, 1.807) is 19.0 Å². The van der Waals surface area contributed by atoms with Gasteiger partial charge in [0.15, 0.2) is 5.69 Å². The summed E-state index contributed by atoms with van der Waals surface area (Å²) in [6.45, 7) is 1.80. The van der Waals surface area contributed by atoms with E-state index in [4.69, 9.17) is 0 Å². The van der Waals surface area contributed by atoms with Crippen LogP contribution in [0.15, 0.2) is 12.1 Å². The first kappa shape index (κ1) is 16.5. The Kier molecular flexibility index (Phi) is 5.52. The van der Waals surface area contributed by atoms with Crippen molar-refractivity contribution in [3.05, 3.63) is 27.9 Å². The monoisotopic (exact) mass is 302 g/mol. The lowest BCUT2D eigenvalue weighted by molar-refractivity contribution is -0.391. The van der Waals surface area contributed by atoms with Gasteiger partial charge in [0, 0.05) is 19.2 Å². The van der Waals surface area contributed by atoms with Gasteiger partial charge >= 0.3 is 5.82 Å². The zero-order valence-corrected chi connectivity index (χ0v) is 12.4. The van der Waals surface area contributed by atoms with Crippen molar-refractivity contribution < 1.29 is 9.72 Å². The molecule has 1 fully saturated rings. The van der Waals surface area contributed by atoms with Gasteiger partial charge in [-0.1, -0.05) is 0 Å². The molecule has 0 atom stereocenters. The third-order valence-corrected chi connectivity index (χ3v) is 3.68. The summed E-state index contributed by atoms with van der Waals surface area (Å²) >= 11 is 0. The number of carbonyl (C=O) groups is 1. The number of hydrogen-bond acceptors (Lipinski definition) is 4. The minimum Gasteiger partial charge on any atom is -0.358 e. The van der Waals surface area contributed by atoms with Crippen LogP contribution < -0.4 is 5.32 Å². The highest BCUT2D eigenvalue weighted by atomic mass is 35.5. The maximum Gasteiger partial charge on any atom is 0.323 e. The molecular formula is C12H19ClN4O3. The quantitative estimate of drug-likeness (QED) is 0.671. The highest BCUT2D eigenvalue weighted by Crippen LogP contribution is 2.19. The van der Waals surface area contributed by atoms with Crippen LogP contribution in [0.2, 0.25) is 0 Å². The van der Waals surface area contributed by atoms with Crippen LogP contribution in [0.25, 0.3) is 0 Å². The molecule has 8 heteroatoms. The lowest BCUT2D eigenvalue weighted by Gasteiger charge is -2.31. The van der Waals surface area contributed by atoms with E-state index in [0.29, 0.717) is 5.69 Å². The van der Waals surface area contributed by atoms with Crippen molar-refractivity contribution >= 4 is 24.1 Å². The van der Waals surface area contributed by atoms with Crippen molar-refractivity contribution in [3.63, 3.8) is 0 Å².